The lowest BCUT2D eigenvalue weighted by atomic mass is 9.78. The van der Waals surface area contributed by atoms with Crippen LogP contribution in [0.3, 0.4) is 0 Å². The van der Waals surface area contributed by atoms with Gasteiger partial charge in [-0.25, -0.2) is 0 Å². The molecular formula is C19H26N4O2. The topological polar surface area (TPSA) is 88.7 Å². The Balaban J connectivity index is 1.55. The van der Waals surface area contributed by atoms with Crippen molar-refractivity contribution < 1.29 is 9.53 Å². The maximum absolute atomic E-state index is 11.5. The highest BCUT2D eigenvalue weighted by atomic mass is 16.5. The number of aliphatic imine (C=N–C) groups is 1. The fourth-order valence-corrected chi connectivity index (χ4v) is 3.22. The summed E-state index contributed by atoms with van der Waals surface area (Å²) in [4.78, 5) is 16.1. The van der Waals surface area contributed by atoms with E-state index < -0.39 is 0 Å². The van der Waals surface area contributed by atoms with Crippen molar-refractivity contribution in [3.8, 4) is 0 Å². The molecular weight excluding hydrogens is 316 g/mol. The Morgan fingerprint density at radius 1 is 1.36 bits per heavy atom. The number of nitrogens with zero attached hydrogens (tertiary/aromatic N) is 1. The molecule has 3 rings (SSSR count). The van der Waals surface area contributed by atoms with Gasteiger partial charge >= 0.3 is 5.97 Å². The van der Waals surface area contributed by atoms with E-state index in [1.165, 1.54) is 0 Å². The molecule has 0 spiro atoms. The highest BCUT2D eigenvalue weighted by Crippen LogP contribution is 2.33. The van der Waals surface area contributed by atoms with Crippen LogP contribution < -0.4 is 16.4 Å². The number of esters is 1. The molecule has 1 heterocycles. The molecule has 134 valence electrons. The van der Waals surface area contributed by atoms with Gasteiger partial charge in [-0.05, 0) is 37.8 Å². The highest BCUT2D eigenvalue weighted by molar-refractivity contribution is 5.84. The summed E-state index contributed by atoms with van der Waals surface area (Å²) in [6, 6.07) is 8.39. The number of carbonyl (C=O) groups excluding carboxylic acids is 1. The predicted molar refractivity (Wildman–Crippen MR) is 101 cm³/mol. The molecule has 25 heavy (non-hydrogen) atoms. The first kappa shape index (κ1) is 17.5. The van der Waals surface area contributed by atoms with Crippen molar-refractivity contribution in [1.29, 1.82) is 0 Å². The summed E-state index contributed by atoms with van der Waals surface area (Å²) >= 11 is 0. The first-order valence-corrected chi connectivity index (χ1v) is 8.90. The van der Waals surface area contributed by atoms with Crippen LogP contribution in [0.15, 0.2) is 40.5 Å². The van der Waals surface area contributed by atoms with Crippen LogP contribution >= 0.6 is 0 Å². The molecule has 0 amide bonds. The molecule has 0 unspecified atom stereocenters. The van der Waals surface area contributed by atoms with Gasteiger partial charge in [0, 0.05) is 30.5 Å². The van der Waals surface area contributed by atoms with Crippen LogP contribution in [-0.4, -0.2) is 37.9 Å². The predicted octanol–water partition coefficient (Wildman–Crippen LogP) is 2.54. The Hall–Kier alpha value is -2.34. The summed E-state index contributed by atoms with van der Waals surface area (Å²) in [6.45, 7) is 3.44. The van der Waals surface area contributed by atoms with Gasteiger partial charge in [0.05, 0.1) is 30.6 Å². The minimum atomic E-state index is -0.101. The Labute approximate surface area is 148 Å². The quantitative estimate of drug-likeness (QED) is 0.546. The van der Waals surface area contributed by atoms with Crippen LogP contribution in [0.5, 0.6) is 0 Å². The number of hydrogen-bond donors (Lipinski definition) is 3. The maximum Gasteiger partial charge on any atom is 0.306 e. The van der Waals surface area contributed by atoms with E-state index >= 15 is 0 Å². The molecule has 1 aromatic carbocycles. The average molecular weight is 342 g/mol. The lowest BCUT2D eigenvalue weighted by molar-refractivity contribution is -0.145. The van der Waals surface area contributed by atoms with Gasteiger partial charge in [-0.3, -0.25) is 9.79 Å². The number of fused-ring (bicyclic) bond motifs is 1. The van der Waals surface area contributed by atoms with E-state index in [4.69, 9.17) is 10.5 Å². The van der Waals surface area contributed by atoms with E-state index in [-0.39, 0.29) is 12.0 Å². The summed E-state index contributed by atoms with van der Waals surface area (Å²) in [5.74, 6) is 0.298. The number of anilines is 2. The second-order valence-corrected chi connectivity index (χ2v) is 6.51. The standard InChI is InChI=1S/C19H26N4O2/c1-2-25-19(24)9-13-7-15(8-13)21-11-14(10-20)18-12-22-16-5-3-4-6-17(16)23-18/h3-6,11,13,15,22-23H,2,7-10,12,20H2,1H3. The Bertz CT molecular complexity index is 678. The lowest BCUT2D eigenvalue weighted by Crippen LogP contribution is -2.30. The summed E-state index contributed by atoms with van der Waals surface area (Å²) in [5.41, 5.74) is 10.1. The molecule has 1 aliphatic carbocycles. The van der Waals surface area contributed by atoms with E-state index in [1.54, 1.807) is 0 Å². The molecule has 6 heteroatoms. The molecule has 1 fully saturated rings. The monoisotopic (exact) mass is 342 g/mol. The van der Waals surface area contributed by atoms with Gasteiger partial charge < -0.3 is 21.1 Å². The number of nitrogens with two attached hydrogens (primary N) is 1. The van der Waals surface area contributed by atoms with E-state index in [2.05, 4.69) is 15.6 Å². The summed E-state index contributed by atoms with van der Waals surface area (Å²) in [7, 11) is 0. The highest BCUT2D eigenvalue weighted by Gasteiger charge is 2.30. The molecule has 1 aliphatic heterocycles. The van der Waals surface area contributed by atoms with Crippen LogP contribution in [0.2, 0.25) is 0 Å². The molecule has 6 nitrogen and oxygen atoms in total. The third kappa shape index (κ3) is 4.39. The largest absolute Gasteiger partial charge is 0.466 e. The molecule has 1 saturated carbocycles. The zero-order valence-electron chi connectivity index (χ0n) is 14.6. The number of hydrogen-bond acceptors (Lipinski definition) is 6. The molecule has 0 radical (unpaired) electrons. The molecule has 1 aromatic rings. The molecule has 0 saturated heterocycles. The second kappa shape index (κ2) is 8.16. The number of benzene rings is 1. The lowest BCUT2D eigenvalue weighted by Gasteiger charge is -2.32. The van der Waals surface area contributed by atoms with Crippen molar-refractivity contribution in [1.82, 2.24) is 0 Å². The number of rotatable bonds is 6. The zero-order valence-corrected chi connectivity index (χ0v) is 14.6. The van der Waals surface area contributed by atoms with Crippen LogP contribution in [0.25, 0.3) is 0 Å². The summed E-state index contributed by atoms with van der Waals surface area (Å²) < 4.78 is 4.99. The van der Waals surface area contributed by atoms with E-state index in [1.807, 2.05) is 37.4 Å². The van der Waals surface area contributed by atoms with Crippen LogP contribution in [0, 0.1) is 5.92 Å². The number of carbonyl (C=O) groups is 1. The summed E-state index contributed by atoms with van der Waals surface area (Å²) in [5, 5.41) is 6.84. The third-order valence-electron chi connectivity index (χ3n) is 4.69. The number of ether oxygens (including phenoxy) is 1. The zero-order chi connectivity index (χ0) is 17.6. The van der Waals surface area contributed by atoms with Crippen LogP contribution in [-0.2, 0) is 9.53 Å². The molecule has 0 bridgehead atoms. The third-order valence-corrected chi connectivity index (χ3v) is 4.69. The molecule has 0 aromatic heterocycles. The fraction of sp³-hybridized carbons (Fsp3) is 0.474. The first-order valence-electron chi connectivity index (χ1n) is 8.90. The van der Waals surface area contributed by atoms with E-state index in [0.717, 1.165) is 35.5 Å². The first-order chi connectivity index (χ1) is 12.2. The van der Waals surface area contributed by atoms with Gasteiger partial charge in [-0.1, -0.05) is 12.1 Å². The molecule has 0 atom stereocenters. The van der Waals surface area contributed by atoms with Crippen molar-refractivity contribution in [2.75, 3.05) is 30.3 Å². The van der Waals surface area contributed by atoms with Gasteiger partial charge in [0.15, 0.2) is 0 Å². The Morgan fingerprint density at radius 3 is 2.84 bits per heavy atom. The van der Waals surface area contributed by atoms with E-state index in [9.17, 15) is 4.79 Å². The van der Waals surface area contributed by atoms with Gasteiger partial charge in [-0.2, -0.15) is 0 Å². The minimum absolute atomic E-state index is 0.101. The Morgan fingerprint density at radius 2 is 2.12 bits per heavy atom. The van der Waals surface area contributed by atoms with Crippen molar-refractivity contribution in [2.45, 2.75) is 32.2 Å². The number of para-hydroxylation sites is 2. The average Bonchev–Trinajstić information content (AvgIpc) is 2.59. The normalized spacial score (nSPS) is 23.9. The van der Waals surface area contributed by atoms with Crippen molar-refractivity contribution in [3.63, 3.8) is 0 Å². The van der Waals surface area contributed by atoms with Crippen LogP contribution in [0.4, 0.5) is 11.4 Å². The minimum Gasteiger partial charge on any atom is -0.466 e. The number of nitrogens with one attached hydrogen (secondary N) is 2. The van der Waals surface area contributed by atoms with Crippen molar-refractivity contribution >= 4 is 23.6 Å². The van der Waals surface area contributed by atoms with Gasteiger partial charge in [-0.15, -0.1) is 0 Å². The SMILES string of the molecule is CCOC(=O)CC1CC(N=CC(CN)=C2CNc3ccccc3N2)C1. The maximum atomic E-state index is 11.5. The summed E-state index contributed by atoms with van der Waals surface area (Å²) in [6.07, 6.45) is 4.28. The molecule has 4 N–H and O–H groups in total. The van der Waals surface area contributed by atoms with Gasteiger partial charge in [0.2, 0.25) is 0 Å². The van der Waals surface area contributed by atoms with E-state index in [0.29, 0.717) is 32.0 Å². The van der Waals surface area contributed by atoms with Gasteiger partial charge in [0.25, 0.3) is 0 Å². The Kier molecular flexibility index (Phi) is 5.71. The molecule has 2 aliphatic rings. The van der Waals surface area contributed by atoms with Crippen molar-refractivity contribution in [3.05, 3.63) is 35.5 Å². The fourth-order valence-electron chi connectivity index (χ4n) is 3.22. The smallest absolute Gasteiger partial charge is 0.306 e. The van der Waals surface area contributed by atoms with Gasteiger partial charge in [0.1, 0.15) is 0 Å². The van der Waals surface area contributed by atoms with Crippen molar-refractivity contribution in [2.24, 2.45) is 16.6 Å². The second-order valence-electron chi connectivity index (χ2n) is 6.51. The van der Waals surface area contributed by atoms with Crippen LogP contribution in [0.1, 0.15) is 26.2 Å².